The van der Waals surface area contributed by atoms with Crippen LogP contribution in [-0.4, -0.2) is 25.0 Å². The van der Waals surface area contributed by atoms with E-state index in [1.54, 1.807) is 0 Å². The maximum atomic E-state index is 13.0. The highest BCUT2D eigenvalue weighted by atomic mass is 32.1. The summed E-state index contributed by atoms with van der Waals surface area (Å²) in [4.78, 5) is 38.0. The highest BCUT2D eigenvalue weighted by molar-refractivity contribution is 7.17. The Morgan fingerprint density at radius 2 is 1.71 bits per heavy atom. The summed E-state index contributed by atoms with van der Waals surface area (Å²) in [7, 11) is 1.31. The number of rotatable bonds is 6. The molecule has 0 saturated heterocycles. The molecule has 1 heterocycles. The zero-order chi connectivity index (χ0) is 22.7. The number of aliphatic carboxylic acids is 1. The first-order valence-electron chi connectivity index (χ1n) is 10.6. The van der Waals surface area contributed by atoms with E-state index in [-0.39, 0.29) is 5.91 Å². The van der Waals surface area contributed by atoms with Crippen molar-refractivity contribution in [3.05, 3.63) is 40.3 Å². The van der Waals surface area contributed by atoms with Gasteiger partial charge in [-0.2, -0.15) is 0 Å². The molecule has 0 spiro atoms. The van der Waals surface area contributed by atoms with Gasteiger partial charge in [0.05, 0.1) is 7.11 Å². The van der Waals surface area contributed by atoms with E-state index in [0.29, 0.717) is 29.3 Å². The number of thiophene rings is 1. The Labute approximate surface area is 186 Å². The molecule has 31 heavy (non-hydrogen) atoms. The molecular weight excluding hydrogens is 414 g/mol. The molecule has 1 aliphatic carbocycles. The Bertz CT molecular complexity index is 977. The van der Waals surface area contributed by atoms with E-state index in [0.717, 1.165) is 28.8 Å². The van der Waals surface area contributed by atoms with Crippen LogP contribution in [0.5, 0.6) is 0 Å². The van der Waals surface area contributed by atoms with E-state index in [4.69, 9.17) is 4.74 Å². The summed E-state index contributed by atoms with van der Waals surface area (Å²) >= 11 is 1.30. The number of carbonyl (C=O) groups excluding carboxylic acids is 3. The number of amides is 1. The number of carbonyl (C=O) groups is 3. The van der Waals surface area contributed by atoms with E-state index in [1.807, 2.05) is 31.2 Å². The molecule has 3 rings (SSSR count). The zero-order valence-corrected chi connectivity index (χ0v) is 19.1. The molecule has 1 aliphatic rings. The maximum Gasteiger partial charge on any atom is 0.341 e. The molecule has 1 aromatic heterocycles. The topological polar surface area (TPSA) is 95.5 Å². The third-order valence-electron chi connectivity index (χ3n) is 5.98. The number of hydrogen-bond donors (Lipinski definition) is 1. The molecule has 0 aliphatic heterocycles. The van der Waals surface area contributed by atoms with Crippen LogP contribution in [0.25, 0.3) is 11.1 Å². The Morgan fingerprint density at radius 1 is 1.10 bits per heavy atom. The molecule has 1 fully saturated rings. The number of methoxy groups -OCH3 is 1. The molecule has 2 atom stereocenters. The molecule has 6 nitrogen and oxygen atoms in total. The largest absolute Gasteiger partial charge is 0.550 e. The lowest BCUT2D eigenvalue weighted by molar-refractivity contribution is -0.313. The third kappa shape index (κ3) is 4.82. The van der Waals surface area contributed by atoms with Crippen molar-refractivity contribution < 1.29 is 24.2 Å². The quantitative estimate of drug-likeness (QED) is 0.679. The van der Waals surface area contributed by atoms with Gasteiger partial charge in [0.2, 0.25) is 5.91 Å². The van der Waals surface area contributed by atoms with E-state index >= 15 is 0 Å². The minimum Gasteiger partial charge on any atom is -0.550 e. The van der Waals surface area contributed by atoms with Gasteiger partial charge in [-0.25, -0.2) is 4.79 Å². The molecular formula is C24H28NO5S-. The normalized spacial score (nSPS) is 18.6. The van der Waals surface area contributed by atoms with Crippen molar-refractivity contribution in [1.82, 2.24) is 0 Å². The monoisotopic (exact) mass is 442 g/mol. The third-order valence-corrected chi connectivity index (χ3v) is 7.00. The number of aryl methyl sites for hydroxylation is 1. The molecule has 1 N–H and O–H groups in total. The van der Waals surface area contributed by atoms with Crippen LogP contribution in [-0.2, 0) is 14.3 Å². The van der Waals surface area contributed by atoms with Crippen LogP contribution >= 0.6 is 11.3 Å². The van der Waals surface area contributed by atoms with Crippen LogP contribution in [0.3, 0.4) is 0 Å². The molecule has 0 bridgehead atoms. The second-order valence-corrected chi connectivity index (χ2v) is 9.54. The summed E-state index contributed by atoms with van der Waals surface area (Å²) in [5.74, 6) is -3.20. The van der Waals surface area contributed by atoms with Gasteiger partial charge >= 0.3 is 5.97 Å². The van der Waals surface area contributed by atoms with Gasteiger partial charge in [0, 0.05) is 28.2 Å². The first-order chi connectivity index (χ1) is 14.7. The summed E-state index contributed by atoms with van der Waals surface area (Å²) in [5, 5.41) is 14.7. The predicted molar refractivity (Wildman–Crippen MR) is 119 cm³/mol. The first-order valence-corrected chi connectivity index (χ1v) is 11.4. The van der Waals surface area contributed by atoms with Gasteiger partial charge < -0.3 is 20.0 Å². The van der Waals surface area contributed by atoms with E-state index in [2.05, 4.69) is 19.2 Å². The molecule has 1 amide bonds. The van der Waals surface area contributed by atoms with E-state index < -0.39 is 23.8 Å². The number of ether oxygens (including phenoxy) is 1. The van der Waals surface area contributed by atoms with Gasteiger partial charge in [0.1, 0.15) is 10.6 Å². The number of anilines is 1. The van der Waals surface area contributed by atoms with Crippen molar-refractivity contribution >= 4 is 34.2 Å². The summed E-state index contributed by atoms with van der Waals surface area (Å²) in [5.41, 5.74) is 3.08. The summed E-state index contributed by atoms with van der Waals surface area (Å²) in [6.07, 6.45) is 2.49. The fraction of sp³-hybridized carbons (Fsp3) is 0.458. The highest BCUT2D eigenvalue weighted by Crippen LogP contribution is 2.41. The van der Waals surface area contributed by atoms with E-state index in [1.165, 1.54) is 24.0 Å². The van der Waals surface area contributed by atoms with Gasteiger partial charge in [-0.1, -0.05) is 51.0 Å². The molecule has 1 aromatic carbocycles. The van der Waals surface area contributed by atoms with Crippen LogP contribution in [0.4, 0.5) is 5.00 Å². The summed E-state index contributed by atoms with van der Waals surface area (Å²) in [6, 6.07) is 8.00. The Morgan fingerprint density at radius 3 is 2.26 bits per heavy atom. The number of benzene rings is 1. The summed E-state index contributed by atoms with van der Waals surface area (Å²) in [6.45, 7) is 6.12. The van der Waals surface area contributed by atoms with E-state index in [9.17, 15) is 19.5 Å². The number of esters is 1. The average Bonchev–Trinajstić information content (AvgIpc) is 3.08. The second kappa shape index (κ2) is 9.64. The lowest BCUT2D eigenvalue weighted by atomic mass is 9.78. The second-order valence-electron chi connectivity index (χ2n) is 8.31. The van der Waals surface area contributed by atoms with Crippen molar-refractivity contribution in [2.24, 2.45) is 11.8 Å². The van der Waals surface area contributed by atoms with Gasteiger partial charge in [-0.05, 0) is 36.8 Å². The number of carboxylic acids is 1. The van der Waals surface area contributed by atoms with Crippen LogP contribution in [0.15, 0.2) is 24.3 Å². The minimum absolute atomic E-state index is 0.302. The van der Waals surface area contributed by atoms with Crippen LogP contribution in [0.1, 0.15) is 66.2 Å². The molecule has 166 valence electrons. The standard InChI is InChI=1S/C24H29NO5S/c1-13(2)15-9-11-16(12-10-15)19-14(3)31-22(20(19)24(29)30-4)25-21(26)17-7-5-6-8-18(17)23(27)28/h9-13,17-18H,5-8H2,1-4H3,(H,25,26)(H,27,28)/p-1/t17-,18-/m1/s1. The van der Waals surface area contributed by atoms with Crippen LogP contribution in [0.2, 0.25) is 0 Å². The molecule has 0 unspecified atom stereocenters. The molecule has 7 heteroatoms. The van der Waals surface area contributed by atoms with Crippen molar-refractivity contribution in [3.8, 4) is 11.1 Å². The number of nitrogens with one attached hydrogen (secondary N) is 1. The average molecular weight is 443 g/mol. The molecule has 1 saturated carbocycles. The smallest absolute Gasteiger partial charge is 0.341 e. The van der Waals surface area contributed by atoms with Crippen LogP contribution < -0.4 is 10.4 Å². The Hall–Kier alpha value is -2.67. The maximum absolute atomic E-state index is 13.0. The van der Waals surface area contributed by atoms with Gasteiger partial charge in [-0.3, -0.25) is 4.79 Å². The highest BCUT2D eigenvalue weighted by Gasteiger charge is 2.33. The van der Waals surface area contributed by atoms with Crippen molar-refractivity contribution in [2.75, 3.05) is 12.4 Å². The predicted octanol–water partition coefficient (Wildman–Crippen LogP) is 4.13. The Kier molecular flexibility index (Phi) is 7.15. The van der Waals surface area contributed by atoms with Gasteiger partial charge in [0.15, 0.2) is 0 Å². The summed E-state index contributed by atoms with van der Waals surface area (Å²) < 4.78 is 5.01. The number of carboxylic acid groups (broad SMARTS) is 1. The van der Waals surface area contributed by atoms with Crippen molar-refractivity contribution in [3.63, 3.8) is 0 Å². The van der Waals surface area contributed by atoms with Gasteiger partial charge in [0.25, 0.3) is 0 Å². The van der Waals surface area contributed by atoms with Crippen molar-refractivity contribution in [1.29, 1.82) is 0 Å². The van der Waals surface area contributed by atoms with Gasteiger partial charge in [-0.15, -0.1) is 11.3 Å². The fourth-order valence-electron chi connectivity index (χ4n) is 4.24. The first kappa shape index (κ1) is 23.0. The van der Waals surface area contributed by atoms with Crippen molar-refractivity contribution in [2.45, 2.75) is 52.4 Å². The minimum atomic E-state index is -1.19. The molecule has 2 aromatic rings. The lowest BCUT2D eigenvalue weighted by Crippen LogP contribution is -2.42. The SMILES string of the molecule is COC(=O)c1c(NC(=O)[C@@H]2CCCC[C@H]2C(=O)[O-])sc(C)c1-c1ccc(C(C)C)cc1. The fourth-order valence-corrected chi connectivity index (χ4v) is 5.31. The zero-order valence-electron chi connectivity index (χ0n) is 18.3. The van der Waals surface area contributed by atoms with Crippen LogP contribution in [0, 0.1) is 18.8 Å². The lowest BCUT2D eigenvalue weighted by Gasteiger charge is -2.31. The number of hydrogen-bond acceptors (Lipinski definition) is 6. The Balaban J connectivity index is 1.97. The molecule has 0 radical (unpaired) electrons.